The number of ether oxygens (including phenoxy) is 1. The normalized spacial score (nSPS) is 26.5. The number of benzene rings is 1. The quantitative estimate of drug-likeness (QED) is 0.622. The number of hydrogen-bond donors (Lipinski definition) is 2. The Bertz CT molecular complexity index is 1060. The molecule has 1 fully saturated rings. The number of aromatic nitrogens is 2. The SMILES string of the molecule is C[C@H]1[C@@H](F)[C@H](c2csc3c(NC(=O)c4ccccc4)ncnc23)O[C@@]1(C=O)CO. The van der Waals surface area contributed by atoms with Crippen molar-refractivity contribution in [3.05, 3.63) is 53.2 Å². The minimum absolute atomic E-state index is 0.311. The number of alkyl halides is 1. The molecule has 2 N–H and O–H groups in total. The Labute approximate surface area is 169 Å². The monoisotopic (exact) mass is 415 g/mol. The van der Waals surface area contributed by atoms with Crippen LogP contribution in [0.25, 0.3) is 10.2 Å². The zero-order chi connectivity index (χ0) is 20.6. The van der Waals surface area contributed by atoms with Crippen LogP contribution in [0.15, 0.2) is 42.0 Å². The maximum Gasteiger partial charge on any atom is 0.256 e. The summed E-state index contributed by atoms with van der Waals surface area (Å²) in [6.45, 7) is 0.925. The van der Waals surface area contributed by atoms with Gasteiger partial charge < -0.3 is 20.0 Å². The van der Waals surface area contributed by atoms with Crippen molar-refractivity contribution in [2.75, 3.05) is 11.9 Å². The molecule has 3 heterocycles. The van der Waals surface area contributed by atoms with E-state index >= 15 is 0 Å². The predicted octanol–water partition coefficient (Wildman–Crippen LogP) is 2.92. The third-order valence-electron chi connectivity index (χ3n) is 5.29. The number of nitrogens with zero attached hydrogens (tertiary/aromatic N) is 2. The molecule has 1 aliphatic rings. The summed E-state index contributed by atoms with van der Waals surface area (Å²) in [4.78, 5) is 32.3. The average Bonchev–Trinajstić information content (AvgIpc) is 3.29. The number of rotatable bonds is 5. The smallest absolute Gasteiger partial charge is 0.256 e. The van der Waals surface area contributed by atoms with Gasteiger partial charge in [0.15, 0.2) is 17.7 Å². The van der Waals surface area contributed by atoms with Crippen LogP contribution in [0.3, 0.4) is 0 Å². The lowest BCUT2D eigenvalue weighted by molar-refractivity contribution is -0.139. The van der Waals surface area contributed by atoms with Crippen LogP contribution in [-0.2, 0) is 9.53 Å². The second-order valence-electron chi connectivity index (χ2n) is 6.91. The van der Waals surface area contributed by atoms with Crippen LogP contribution < -0.4 is 5.32 Å². The van der Waals surface area contributed by atoms with Crippen molar-refractivity contribution in [3.8, 4) is 0 Å². The molecule has 7 nitrogen and oxygen atoms in total. The minimum atomic E-state index is -1.59. The van der Waals surface area contributed by atoms with Gasteiger partial charge >= 0.3 is 0 Å². The third-order valence-corrected chi connectivity index (χ3v) is 6.28. The molecule has 1 aromatic carbocycles. The Morgan fingerprint density at radius 3 is 2.79 bits per heavy atom. The summed E-state index contributed by atoms with van der Waals surface area (Å²) in [6, 6.07) is 8.70. The fraction of sp³-hybridized carbons (Fsp3) is 0.300. The van der Waals surface area contributed by atoms with E-state index in [0.29, 0.717) is 33.4 Å². The molecule has 0 radical (unpaired) electrons. The van der Waals surface area contributed by atoms with E-state index in [0.717, 1.165) is 0 Å². The lowest BCUT2D eigenvalue weighted by atomic mass is 9.88. The van der Waals surface area contributed by atoms with Crippen molar-refractivity contribution in [1.82, 2.24) is 9.97 Å². The predicted molar refractivity (Wildman–Crippen MR) is 106 cm³/mol. The van der Waals surface area contributed by atoms with Crippen LogP contribution in [-0.4, -0.2) is 45.6 Å². The standard InChI is InChI=1S/C20H18FN3O4S/c1-11-14(21)16(28-20(11,8-25)9-26)13-7-29-17-15(13)22-10-23-18(17)24-19(27)12-5-3-2-4-6-12/h2-8,10-11,14,16,26H,9H2,1H3,(H,22,23,24,27)/t11-,14+,16-,20-/m0/s1. The van der Waals surface area contributed by atoms with Crippen LogP contribution in [0.5, 0.6) is 0 Å². The number of halogens is 1. The highest BCUT2D eigenvalue weighted by Gasteiger charge is 2.54. The first-order valence-electron chi connectivity index (χ1n) is 8.98. The summed E-state index contributed by atoms with van der Waals surface area (Å²) in [6.07, 6.45) is -0.811. The molecule has 2 aromatic heterocycles. The van der Waals surface area contributed by atoms with Gasteiger partial charge in [-0.05, 0) is 17.5 Å². The molecule has 1 aliphatic heterocycles. The van der Waals surface area contributed by atoms with Crippen molar-refractivity contribution in [3.63, 3.8) is 0 Å². The highest BCUT2D eigenvalue weighted by molar-refractivity contribution is 7.18. The van der Waals surface area contributed by atoms with Crippen molar-refractivity contribution < 1.29 is 23.8 Å². The number of amides is 1. The molecule has 1 saturated heterocycles. The highest BCUT2D eigenvalue weighted by Crippen LogP contribution is 2.47. The lowest BCUT2D eigenvalue weighted by Gasteiger charge is -2.23. The van der Waals surface area contributed by atoms with Crippen molar-refractivity contribution in [1.29, 1.82) is 0 Å². The second-order valence-corrected chi connectivity index (χ2v) is 7.79. The van der Waals surface area contributed by atoms with Gasteiger partial charge in [-0.2, -0.15) is 0 Å². The van der Waals surface area contributed by atoms with E-state index in [1.54, 1.807) is 29.6 Å². The lowest BCUT2D eigenvalue weighted by Crippen LogP contribution is -2.41. The van der Waals surface area contributed by atoms with E-state index in [9.17, 15) is 19.1 Å². The molecule has 9 heteroatoms. The van der Waals surface area contributed by atoms with Crippen LogP contribution in [0.1, 0.15) is 28.9 Å². The summed E-state index contributed by atoms with van der Waals surface area (Å²) in [5, 5.41) is 14.0. The Kier molecular flexibility index (Phi) is 5.12. The number of carbonyl (C=O) groups excluding carboxylic acids is 2. The van der Waals surface area contributed by atoms with Gasteiger partial charge in [-0.3, -0.25) is 4.79 Å². The van der Waals surface area contributed by atoms with Crippen molar-refractivity contribution in [2.45, 2.75) is 24.8 Å². The molecule has 0 spiro atoms. The van der Waals surface area contributed by atoms with Gasteiger partial charge in [-0.25, -0.2) is 14.4 Å². The first-order chi connectivity index (χ1) is 14.0. The number of carbonyl (C=O) groups is 2. The Balaban J connectivity index is 1.68. The van der Waals surface area contributed by atoms with Gasteiger partial charge in [0.1, 0.15) is 18.6 Å². The first kappa shape index (κ1) is 19.6. The molecule has 4 rings (SSSR count). The number of aliphatic hydroxyl groups excluding tert-OH is 1. The van der Waals surface area contributed by atoms with E-state index in [2.05, 4.69) is 15.3 Å². The summed E-state index contributed by atoms with van der Waals surface area (Å²) in [7, 11) is 0. The Morgan fingerprint density at radius 2 is 2.14 bits per heavy atom. The number of hydrogen-bond acceptors (Lipinski definition) is 7. The Hall–Kier alpha value is -2.75. The number of fused-ring (bicyclic) bond motifs is 1. The Morgan fingerprint density at radius 1 is 1.38 bits per heavy atom. The van der Waals surface area contributed by atoms with E-state index < -0.39 is 30.4 Å². The fourth-order valence-corrected chi connectivity index (χ4v) is 4.45. The van der Waals surface area contributed by atoms with E-state index in [4.69, 9.17) is 4.74 Å². The molecule has 0 bridgehead atoms. The summed E-state index contributed by atoms with van der Waals surface area (Å²) >= 11 is 1.25. The summed E-state index contributed by atoms with van der Waals surface area (Å²) in [5.74, 6) is -0.829. The van der Waals surface area contributed by atoms with E-state index in [1.807, 2.05) is 6.07 Å². The van der Waals surface area contributed by atoms with Gasteiger partial charge in [0, 0.05) is 17.0 Å². The van der Waals surface area contributed by atoms with Gasteiger partial charge in [-0.1, -0.05) is 25.1 Å². The molecule has 150 valence electrons. The summed E-state index contributed by atoms with van der Waals surface area (Å²) in [5.41, 5.74) is -0.214. The van der Waals surface area contributed by atoms with Gasteiger partial charge in [0.25, 0.3) is 5.91 Å². The molecule has 3 aromatic rings. The highest BCUT2D eigenvalue weighted by atomic mass is 32.1. The molecule has 4 atom stereocenters. The number of thiophene rings is 1. The van der Waals surface area contributed by atoms with Gasteiger partial charge in [-0.15, -0.1) is 11.3 Å². The second kappa shape index (κ2) is 7.58. The summed E-state index contributed by atoms with van der Waals surface area (Å²) < 4.78 is 21.2. The fourth-order valence-electron chi connectivity index (χ4n) is 3.46. The minimum Gasteiger partial charge on any atom is -0.393 e. The number of aliphatic hydroxyl groups is 1. The largest absolute Gasteiger partial charge is 0.393 e. The molecular formula is C20H18FN3O4S. The van der Waals surface area contributed by atoms with Crippen LogP contribution in [0.2, 0.25) is 0 Å². The van der Waals surface area contributed by atoms with Crippen LogP contribution in [0, 0.1) is 5.92 Å². The zero-order valence-corrected chi connectivity index (χ0v) is 16.2. The topological polar surface area (TPSA) is 101 Å². The van der Waals surface area contributed by atoms with Crippen LogP contribution >= 0.6 is 11.3 Å². The van der Waals surface area contributed by atoms with Gasteiger partial charge in [0.2, 0.25) is 0 Å². The van der Waals surface area contributed by atoms with E-state index in [1.165, 1.54) is 24.6 Å². The van der Waals surface area contributed by atoms with Gasteiger partial charge in [0.05, 0.1) is 16.8 Å². The van der Waals surface area contributed by atoms with Crippen LogP contribution in [0.4, 0.5) is 10.2 Å². The molecule has 29 heavy (non-hydrogen) atoms. The number of aldehydes is 1. The van der Waals surface area contributed by atoms with E-state index in [-0.39, 0.29) is 5.91 Å². The molecule has 0 aliphatic carbocycles. The number of nitrogens with one attached hydrogen (secondary N) is 1. The zero-order valence-electron chi connectivity index (χ0n) is 15.4. The maximum atomic E-state index is 15.0. The first-order valence-corrected chi connectivity index (χ1v) is 9.86. The molecule has 0 saturated carbocycles. The average molecular weight is 415 g/mol. The maximum absolute atomic E-state index is 15.0. The molecule has 0 unspecified atom stereocenters. The van der Waals surface area contributed by atoms with Crippen molar-refractivity contribution >= 4 is 39.6 Å². The third kappa shape index (κ3) is 3.21. The number of anilines is 1. The molecular weight excluding hydrogens is 397 g/mol. The van der Waals surface area contributed by atoms with Crippen molar-refractivity contribution in [2.24, 2.45) is 5.92 Å². The molecule has 1 amide bonds.